The predicted octanol–water partition coefficient (Wildman–Crippen LogP) is 0.295. The minimum atomic E-state index is -1.17. The van der Waals surface area contributed by atoms with Gasteiger partial charge in [0.1, 0.15) is 0 Å². The third-order valence-corrected chi connectivity index (χ3v) is 1.91. The Morgan fingerprint density at radius 2 is 2.43 bits per heavy atom. The molecule has 0 aliphatic heterocycles. The van der Waals surface area contributed by atoms with Crippen molar-refractivity contribution in [3.8, 4) is 0 Å². The van der Waals surface area contributed by atoms with E-state index < -0.39 is 5.97 Å². The third kappa shape index (κ3) is 2.81. The lowest BCUT2D eigenvalue weighted by Gasteiger charge is -2.03. The first-order valence-corrected chi connectivity index (χ1v) is 4.39. The molecule has 1 unspecified atom stereocenters. The molecule has 6 heteroatoms. The van der Waals surface area contributed by atoms with Gasteiger partial charge in [-0.1, -0.05) is 6.92 Å². The van der Waals surface area contributed by atoms with E-state index in [0.717, 1.165) is 6.42 Å². The van der Waals surface area contributed by atoms with Crippen LogP contribution in [-0.4, -0.2) is 27.8 Å². The van der Waals surface area contributed by atoms with Crippen molar-refractivity contribution >= 4 is 5.97 Å². The van der Waals surface area contributed by atoms with Crippen LogP contribution in [0.15, 0.2) is 4.52 Å². The number of rotatable bonds is 5. The third-order valence-electron chi connectivity index (χ3n) is 1.91. The van der Waals surface area contributed by atoms with Crippen molar-refractivity contribution in [2.24, 2.45) is 11.7 Å². The number of hydrogen-bond donors (Lipinski definition) is 2. The number of aromatic carboxylic acids is 1. The average molecular weight is 199 g/mol. The number of carbonyl (C=O) groups is 1. The van der Waals surface area contributed by atoms with Crippen molar-refractivity contribution in [1.82, 2.24) is 10.1 Å². The number of nitrogens with two attached hydrogens (primary N) is 1. The normalized spacial score (nSPS) is 12.7. The summed E-state index contributed by atoms with van der Waals surface area (Å²) in [7, 11) is 0. The van der Waals surface area contributed by atoms with Gasteiger partial charge in [0.2, 0.25) is 5.89 Å². The van der Waals surface area contributed by atoms with Crippen LogP contribution in [0.3, 0.4) is 0 Å². The molecule has 0 bridgehead atoms. The van der Waals surface area contributed by atoms with E-state index in [1.54, 1.807) is 0 Å². The largest absolute Gasteiger partial charge is 0.475 e. The highest BCUT2D eigenvalue weighted by Gasteiger charge is 2.12. The number of carboxylic acids is 1. The van der Waals surface area contributed by atoms with Crippen LogP contribution in [-0.2, 0) is 6.42 Å². The van der Waals surface area contributed by atoms with E-state index in [0.29, 0.717) is 24.8 Å². The van der Waals surface area contributed by atoms with Crippen LogP contribution in [0.4, 0.5) is 0 Å². The second kappa shape index (κ2) is 4.71. The summed E-state index contributed by atoms with van der Waals surface area (Å²) in [5, 5.41) is 11.8. The van der Waals surface area contributed by atoms with E-state index in [4.69, 9.17) is 15.4 Å². The molecule has 1 rings (SSSR count). The Kier molecular flexibility index (Phi) is 3.58. The smallest absolute Gasteiger partial charge is 0.377 e. The fourth-order valence-corrected chi connectivity index (χ4v) is 0.931. The van der Waals surface area contributed by atoms with Gasteiger partial charge in [0.15, 0.2) is 0 Å². The SMILES string of the molecule is CC(CN)CCc1nc(C(=O)O)no1. The van der Waals surface area contributed by atoms with Gasteiger partial charge >= 0.3 is 5.97 Å². The second-order valence-corrected chi connectivity index (χ2v) is 3.20. The summed E-state index contributed by atoms with van der Waals surface area (Å²) in [6.45, 7) is 2.61. The fraction of sp³-hybridized carbons (Fsp3) is 0.625. The zero-order chi connectivity index (χ0) is 10.6. The van der Waals surface area contributed by atoms with Gasteiger partial charge in [-0.25, -0.2) is 4.79 Å². The Morgan fingerprint density at radius 3 is 2.93 bits per heavy atom. The molecular weight excluding hydrogens is 186 g/mol. The fourth-order valence-electron chi connectivity index (χ4n) is 0.931. The van der Waals surface area contributed by atoms with Gasteiger partial charge in [-0.15, -0.1) is 0 Å². The molecule has 0 radical (unpaired) electrons. The Bertz CT molecular complexity index is 311. The standard InChI is InChI=1S/C8H13N3O3/c1-5(4-9)2-3-6-10-7(8(12)13)11-14-6/h5H,2-4,9H2,1H3,(H,12,13). The molecule has 1 aromatic rings. The first-order chi connectivity index (χ1) is 6.63. The summed E-state index contributed by atoms with van der Waals surface area (Å²) in [6, 6.07) is 0. The second-order valence-electron chi connectivity index (χ2n) is 3.20. The Hall–Kier alpha value is -1.43. The average Bonchev–Trinajstić information content (AvgIpc) is 2.62. The molecule has 0 spiro atoms. The molecule has 0 saturated heterocycles. The number of hydrogen-bond acceptors (Lipinski definition) is 5. The molecule has 0 aliphatic rings. The summed E-state index contributed by atoms with van der Waals surface area (Å²) < 4.78 is 4.74. The lowest BCUT2D eigenvalue weighted by Crippen LogP contribution is -2.11. The summed E-state index contributed by atoms with van der Waals surface area (Å²) in [4.78, 5) is 14.1. The van der Waals surface area contributed by atoms with Crippen molar-refractivity contribution < 1.29 is 14.4 Å². The molecule has 3 N–H and O–H groups in total. The molecular formula is C8H13N3O3. The van der Waals surface area contributed by atoms with Gasteiger partial charge in [0.05, 0.1) is 0 Å². The molecule has 0 saturated carbocycles. The van der Waals surface area contributed by atoms with Crippen molar-refractivity contribution in [2.45, 2.75) is 19.8 Å². The Labute approximate surface area is 81.1 Å². The molecule has 0 aliphatic carbocycles. The van der Waals surface area contributed by atoms with E-state index in [2.05, 4.69) is 10.1 Å². The maximum atomic E-state index is 10.4. The lowest BCUT2D eigenvalue weighted by molar-refractivity contribution is 0.0680. The highest BCUT2D eigenvalue weighted by atomic mass is 16.5. The molecule has 0 fully saturated rings. The molecule has 1 heterocycles. The van der Waals surface area contributed by atoms with E-state index in [9.17, 15) is 4.79 Å². The number of carboxylic acid groups (broad SMARTS) is 1. The van der Waals surface area contributed by atoms with Gasteiger partial charge in [0, 0.05) is 6.42 Å². The van der Waals surface area contributed by atoms with Crippen molar-refractivity contribution in [2.75, 3.05) is 6.54 Å². The Balaban J connectivity index is 2.48. The quantitative estimate of drug-likeness (QED) is 0.706. The molecule has 6 nitrogen and oxygen atoms in total. The first-order valence-electron chi connectivity index (χ1n) is 4.39. The highest BCUT2D eigenvalue weighted by Crippen LogP contribution is 2.06. The summed E-state index contributed by atoms with van der Waals surface area (Å²) in [6.07, 6.45) is 1.39. The lowest BCUT2D eigenvalue weighted by atomic mass is 10.1. The summed E-state index contributed by atoms with van der Waals surface area (Å²) >= 11 is 0. The predicted molar refractivity (Wildman–Crippen MR) is 47.8 cm³/mol. The van der Waals surface area contributed by atoms with E-state index >= 15 is 0 Å². The number of aromatic nitrogens is 2. The molecule has 1 aromatic heterocycles. The van der Waals surface area contributed by atoms with Crippen molar-refractivity contribution in [3.05, 3.63) is 11.7 Å². The van der Waals surface area contributed by atoms with Crippen LogP contribution in [0.1, 0.15) is 29.9 Å². The van der Waals surface area contributed by atoms with Crippen molar-refractivity contribution in [1.29, 1.82) is 0 Å². The number of nitrogens with zero attached hydrogens (tertiary/aromatic N) is 2. The van der Waals surface area contributed by atoms with Gasteiger partial charge in [0.25, 0.3) is 5.82 Å². The van der Waals surface area contributed by atoms with Crippen LogP contribution in [0.2, 0.25) is 0 Å². The van der Waals surface area contributed by atoms with Crippen LogP contribution in [0.25, 0.3) is 0 Å². The van der Waals surface area contributed by atoms with Crippen molar-refractivity contribution in [3.63, 3.8) is 0 Å². The Morgan fingerprint density at radius 1 is 1.71 bits per heavy atom. The molecule has 14 heavy (non-hydrogen) atoms. The summed E-state index contributed by atoms with van der Waals surface area (Å²) in [5.41, 5.74) is 5.43. The molecule has 78 valence electrons. The highest BCUT2D eigenvalue weighted by molar-refractivity contribution is 5.82. The van der Waals surface area contributed by atoms with Crippen LogP contribution in [0, 0.1) is 5.92 Å². The first kappa shape index (κ1) is 10.6. The molecule has 1 atom stereocenters. The van der Waals surface area contributed by atoms with Gasteiger partial charge in [-0.05, 0) is 24.0 Å². The zero-order valence-corrected chi connectivity index (χ0v) is 7.93. The number of aryl methyl sites for hydroxylation is 1. The van der Waals surface area contributed by atoms with E-state index in [1.165, 1.54) is 0 Å². The van der Waals surface area contributed by atoms with Crippen LogP contribution < -0.4 is 5.73 Å². The maximum Gasteiger partial charge on any atom is 0.377 e. The van der Waals surface area contributed by atoms with Gasteiger partial charge in [-0.2, -0.15) is 4.98 Å². The van der Waals surface area contributed by atoms with Gasteiger partial charge in [-0.3, -0.25) is 0 Å². The van der Waals surface area contributed by atoms with Crippen LogP contribution in [0.5, 0.6) is 0 Å². The zero-order valence-electron chi connectivity index (χ0n) is 7.93. The van der Waals surface area contributed by atoms with Gasteiger partial charge < -0.3 is 15.4 Å². The van der Waals surface area contributed by atoms with Crippen LogP contribution >= 0.6 is 0 Å². The maximum absolute atomic E-state index is 10.4. The summed E-state index contributed by atoms with van der Waals surface area (Å²) in [5.74, 6) is -0.745. The topological polar surface area (TPSA) is 102 Å². The minimum absolute atomic E-state index is 0.291. The van der Waals surface area contributed by atoms with E-state index in [-0.39, 0.29) is 5.82 Å². The monoisotopic (exact) mass is 199 g/mol. The molecule has 0 aromatic carbocycles. The molecule has 0 amide bonds. The minimum Gasteiger partial charge on any atom is -0.475 e. The van der Waals surface area contributed by atoms with E-state index in [1.807, 2.05) is 6.92 Å².